The molecule has 0 radical (unpaired) electrons. The first-order chi connectivity index (χ1) is 15.5. The molecule has 2 saturated heterocycles. The number of aromatic nitrogens is 2. The molecule has 0 bridgehead atoms. The average Bonchev–Trinajstić information content (AvgIpc) is 2.83. The summed E-state index contributed by atoms with van der Waals surface area (Å²) in [7, 11) is 0. The highest BCUT2D eigenvalue weighted by molar-refractivity contribution is 7.99. The number of carbonyl (C=O) groups is 2. The summed E-state index contributed by atoms with van der Waals surface area (Å²) in [6.07, 6.45) is 0. The summed E-state index contributed by atoms with van der Waals surface area (Å²) < 4.78 is 5.29. The molecule has 0 aliphatic carbocycles. The molecule has 0 N–H and O–H groups in total. The van der Waals surface area contributed by atoms with Gasteiger partial charge in [-0.25, -0.2) is 9.97 Å². The smallest absolute Gasteiger partial charge is 0.254 e. The van der Waals surface area contributed by atoms with Crippen LogP contribution in [0.2, 0.25) is 5.15 Å². The van der Waals surface area contributed by atoms with Crippen LogP contribution in [-0.2, 0) is 9.53 Å². The van der Waals surface area contributed by atoms with Crippen molar-refractivity contribution in [2.75, 3.05) is 56.6 Å². The van der Waals surface area contributed by atoms with Crippen LogP contribution in [0.4, 0.5) is 5.82 Å². The molecule has 2 aliphatic rings. The summed E-state index contributed by atoms with van der Waals surface area (Å²) in [6, 6.07) is 11.1. The zero-order valence-corrected chi connectivity index (χ0v) is 19.5. The summed E-state index contributed by atoms with van der Waals surface area (Å²) in [6.45, 7) is 6.29. The highest BCUT2D eigenvalue weighted by Gasteiger charge is 2.29. The molecule has 0 spiro atoms. The van der Waals surface area contributed by atoms with Crippen LogP contribution in [0.5, 0.6) is 0 Å². The van der Waals surface area contributed by atoms with Gasteiger partial charge < -0.3 is 19.4 Å². The van der Waals surface area contributed by atoms with Crippen LogP contribution >= 0.6 is 23.4 Å². The van der Waals surface area contributed by atoms with E-state index in [-0.39, 0.29) is 23.6 Å². The molecule has 3 heterocycles. The van der Waals surface area contributed by atoms with E-state index in [0.717, 1.165) is 0 Å². The second kappa shape index (κ2) is 10.5. The number of carbonyl (C=O) groups excluding carboxylic acids is 2. The number of thioether (sulfide) groups is 1. The predicted octanol–water partition coefficient (Wildman–Crippen LogP) is 2.43. The van der Waals surface area contributed by atoms with Gasteiger partial charge in [0.1, 0.15) is 11.0 Å². The average molecular weight is 476 g/mol. The van der Waals surface area contributed by atoms with Crippen LogP contribution in [0, 0.1) is 0 Å². The lowest BCUT2D eigenvalue weighted by molar-refractivity contribution is -0.132. The first-order valence-corrected chi connectivity index (χ1v) is 12.0. The standard InChI is InChI=1S/C22H26ClN5O3S/c1-16-14-27(7-8-28(16)21(30)17-5-3-2-4-6-17)19-13-18(23)24-22(25-19)32-15-20(29)26-9-11-31-12-10-26/h2-6,13,16H,7-12,14-15H2,1H3. The lowest BCUT2D eigenvalue weighted by Crippen LogP contribution is -2.54. The molecule has 2 aliphatic heterocycles. The third kappa shape index (κ3) is 5.51. The van der Waals surface area contributed by atoms with Crippen LogP contribution in [0.25, 0.3) is 0 Å². The van der Waals surface area contributed by atoms with Gasteiger partial charge in [-0.05, 0) is 19.1 Å². The van der Waals surface area contributed by atoms with Gasteiger partial charge in [-0.3, -0.25) is 9.59 Å². The van der Waals surface area contributed by atoms with E-state index < -0.39 is 0 Å². The van der Waals surface area contributed by atoms with E-state index in [2.05, 4.69) is 14.9 Å². The Morgan fingerprint density at radius 1 is 1.12 bits per heavy atom. The number of amides is 2. The molecule has 10 heteroatoms. The Kier molecular flexibility index (Phi) is 7.49. The summed E-state index contributed by atoms with van der Waals surface area (Å²) >= 11 is 7.55. The molecule has 2 amide bonds. The van der Waals surface area contributed by atoms with Crippen molar-refractivity contribution in [3.8, 4) is 0 Å². The van der Waals surface area contributed by atoms with Crippen LogP contribution in [0.15, 0.2) is 41.6 Å². The fourth-order valence-corrected chi connectivity index (χ4v) is 4.84. The number of morpholine rings is 1. The first kappa shape index (κ1) is 22.8. The highest BCUT2D eigenvalue weighted by atomic mass is 35.5. The minimum absolute atomic E-state index is 0.0178. The van der Waals surface area contributed by atoms with Crippen molar-refractivity contribution in [2.45, 2.75) is 18.1 Å². The van der Waals surface area contributed by atoms with Gasteiger partial charge in [0, 0.05) is 50.4 Å². The topological polar surface area (TPSA) is 78.9 Å². The van der Waals surface area contributed by atoms with E-state index in [9.17, 15) is 9.59 Å². The molecule has 170 valence electrons. The predicted molar refractivity (Wildman–Crippen MR) is 124 cm³/mol. The van der Waals surface area contributed by atoms with Gasteiger partial charge in [-0.2, -0.15) is 0 Å². The molecule has 1 aromatic carbocycles. The monoisotopic (exact) mass is 475 g/mol. The van der Waals surface area contributed by atoms with E-state index in [4.69, 9.17) is 16.3 Å². The van der Waals surface area contributed by atoms with Crippen molar-refractivity contribution in [3.05, 3.63) is 47.1 Å². The number of anilines is 1. The van der Waals surface area contributed by atoms with Crippen molar-refractivity contribution in [2.24, 2.45) is 0 Å². The number of hydrogen-bond acceptors (Lipinski definition) is 7. The zero-order valence-electron chi connectivity index (χ0n) is 17.9. The van der Waals surface area contributed by atoms with Gasteiger partial charge in [0.2, 0.25) is 5.91 Å². The lowest BCUT2D eigenvalue weighted by atomic mass is 10.1. The van der Waals surface area contributed by atoms with E-state index in [1.807, 2.05) is 42.2 Å². The molecule has 2 aromatic rings. The van der Waals surface area contributed by atoms with E-state index in [1.54, 1.807) is 11.0 Å². The van der Waals surface area contributed by atoms with Gasteiger partial charge in [-0.15, -0.1) is 0 Å². The largest absolute Gasteiger partial charge is 0.378 e. The maximum absolute atomic E-state index is 12.9. The second-order valence-electron chi connectivity index (χ2n) is 7.77. The molecule has 32 heavy (non-hydrogen) atoms. The molecule has 1 aromatic heterocycles. The Morgan fingerprint density at radius 2 is 1.88 bits per heavy atom. The van der Waals surface area contributed by atoms with Crippen molar-refractivity contribution in [1.82, 2.24) is 19.8 Å². The first-order valence-electron chi connectivity index (χ1n) is 10.6. The highest BCUT2D eigenvalue weighted by Crippen LogP contribution is 2.25. The number of piperazine rings is 1. The Labute approximate surface area is 196 Å². The van der Waals surface area contributed by atoms with Crippen molar-refractivity contribution >= 4 is 41.0 Å². The molecule has 1 atom stereocenters. The number of ether oxygens (including phenoxy) is 1. The van der Waals surface area contributed by atoms with Crippen molar-refractivity contribution < 1.29 is 14.3 Å². The number of hydrogen-bond donors (Lipinski definition) is 0. The fraction of sp³-hybridized carbons (Fsp3) is 0.455. The van der Waals surface area contributed by atoms with Gasteiger partial charge in [0.15, 0.2) is 5.16 Å². The molecular formula is C22H26ClN5O3S. The molecule has 2 fully saturated rings. The Hall–Kier alpha value is -2.36. The van der Waals surface area contributed by atoms with Gasteiger partial charge in [-0.1, -0.05) is 41.6 Å². The molecular weight excluding hydrogens is 450 g/mol. The summed E-state index contributed by atoms with van der Waals surface area (Å²) in [5, 5.41) is 0.816. The Balaban J connectivity index is 1.38. The molecule has 1 unspecified atom stereocenters. The number of nitrogens with zero attached hydrogens (tertiary/aromatic N) is 5. The lowest BCUT2D eigenvalue weighted by Gasteiger charge is -2.40. The van der Waals surface area contributed by atoms with Crippen LogP contribution < -0.4 is 4.90 Å². The fourth-order valence-electron chi connectivity index (χ4n) is 3.86. The van der Waals surface area contributed by atoms with Gasteiger partial charge in [0.05, 0.1) is 19.0 Å². The van der Waals surface area contributed by atoms with Crippen molar-refractivity contribution in [3.63, 3.8) is 0 Å². The maximum Gasteiger partial charge on any atom is 0.254 e. The normalized spacial score (nSPS) is 19.2. The second-order valence-corrected chi connectivity index (χ2v) is 9.10. The maximum atomic E-state index is 12.9. The Bertz CT molecular complexity index is 958. The van der Waals surface area contributed by atoms with Gasteiger partial charge in [0.25, 0.3) is 5.91 Å². The SMILES string of the molecule is CC1CN(c2cc(Cl)nc(SCC(=O)N3CCOCC3)n2)CCN1C(=O)c1ccccc1. The quantitative estimate of drug-likeness (QED) is 0.373. The zero-order chi connectivity index (χ0) is 22.5. The summed E-state index contributed by atoms with van der Waals surface area (Å²) in [5.74, 6) is 1.06. The third-order valence-electron chi connectivity index (χ3n) is 5.58. The van der Waals surface area contributed by atoms with E-state index in [0.29, 0.717) is 67.6 Å². The number of halogens is 1. The van der Waals surface area contributed by atoms with Crippen molar-refractivity contribution in [1.29, 1.82) is 0 Å². The molecule has 8 nitrogen and oxygen atoms in total. The number of benzene rings is 1. The molecule has 0 saturated carbocycles. The van der Waals surface area contributed by atoms with Gasteiger partial charge >= 0.3 is 0 Å². The Morgan fingerprint density at radius 3 is 2.59 bits per heavy atom. The summed E-state index contributed by atoms with van der Waals surface area (Å²) in [5.41, 5.74) is 0.696. The van der Waals surface area contributed by atoms with Crippen LogP contribution in [-0.4, -0.2) is 89.3 Å². The molecule has 4 rings (SSSR count). The minimum atomic E-state index is 0.0178. The summed E-state index contributed by atoms with van der Waals surface area (Å²) in [4.78, 5) is 40.0. The van der Waals surface area contributed by atoms with Crippen LogP contribution in [0.1, 0.15) is 17.3 Å². The van der Waals surface area contributed by atoms with E-state index in [1.165, 1.54) is 11.8 Å². The van der Waals surface area contributed by atoms with E-state index >= 15 is 0 Å². The van der Waals surface area contributed by atoms with Crippen LogP contribution in [0.3, 0.4) is 0 Å². The minimum Gasteiger partial charge on any atom is -0.378 e. The number of rotatable bonds is 5. The third-order valence-corrected chi connectivity index (χ3v) is 6.61.